The van der Waals surface area contributed by atoms with Gasteiger partial charge in [0.25, 0.3) is 0 Å². The van der Waals surface area contributed by atoms with Crippen LogP contribution in [0, 0.1) is 11.3 Å². The zero-order chi connectivity index (χ0) is 8.55. The van der Waals surface area contributed by atoms with E-state index in [0.29, 0.717) is 5.56 Å². The molecule has 2 nitrogen and oxygen atoms in total. The minimum absolute atomic E-state index is 0.713. The Morgan fingerprint density at radius 2 is 2.25 bits per heavy atom. The Labute approximate surface area is 71.2 Å². The molecule has 0 spiro atoms. The summed E-state index contributed by atoms with van der Waals surface area (Å²) in [5, 5.41) is 9.80. The predicted octanol–water partition coefficient (Wildman–Crippen LogP) is 0.298. The maximum absolute atomic E-state index is 8.67. The maximum atomic E-state index is 8.67. The standard InChI is InChI=1S/C9H7BN2/c10-8-5-12-9-2-1-6(4-11)3-7(8)9/h1-3,5,12H,10H2. The smallest absolute Gasteiger partial charge is 0.142 e. The van der Waals surface area contributed by atoms with Gasteiger partial charge in [0.15, 0.2) is 0 Å². The topological polar surface area (TPSA) is 39.6 Å². The lowest BCUT2D eigenvalue weighted by Gasteiger charge is -1.91. The van der Waals surface area contributed by atoms with Gasteiger partial charge >= 0.3 is 0 Å². The molecule has 0 saturated heterocycles. The molecule has 3 heteroatoms. The van der Waals surface area contributed by atoms with E-state index in [1.165, 1.54) is 5.46 Å². The lowest BCUT2D eigenvalue weighted by molar-refractivity contribution is 1.47. The number of hydrogen-bond acceptors (Lipinski definition) is 1. The van der Waals surface area contributed by atoms with Gasteiger partial charge in [0.2, 0.25) is 0 Å². The SMILES string of the molecule is Bc1c[nH]c2ccc(C#N)cc12. The summed E-state index contributed by atoms with van der Waals surface area (Å²) in [6.45, 7) is 0. The van der Waals surface area contributed by atoms with Crippen molar-refractivity contribution in [2.24, 2.45) is 0 Å². The highest BCUT2D eigenvalue weighted by Gasteiger charge is 1.99. The first-order chi connectivity index (χ1) is 5.81. The zero-order valence-electron chi connectivity index (χ0n) is 6.76. The Hall–Kier alpha value is -1.69. The van der Waals surface area contributed by atoms with Gasteiger partial charge in [0, 0.05) is 5.52 Å². The molecular formula is C9H7BN2. The molecule has 2 aromatic rings. The third-order valence-electron chi connectivity index (χ3n) is 2.02. The molecule has 1 heterocycles. The van der Waals surface area contributed by atoms with Crippen molar-refractivity contribution in [3.05, 3.63) is 30.0 Å². The van der Waals surface area contributed by atoms with Crippen molar-refractivity contribution in [3.8, 4) is 6.07 Å². The molecule has 56 valence electrons. The molecule has 1 aromatic heterocycles. The fourth-order valence-electron chi connectivity index (χ4n) is 1.33. The first-order valence-corrected chi connectivity index (χ1v) is 3.79. The molecule has 0 amide bonds. The van der Waals surface area contributed by atoms with Crippen LogP contribution >= 0.6 is 0 Å². The van der Waals surface area contributed by atoms with E-state index >= 15 is 0 Å². The molecule has 0 atom stereocenters. The Bertz CT molecular complexity index is 465. The molecular weight excluding hydrogens is 147 g/mol. The van der Waals surface area contributed by atoms with Crippen molar-refractivity contribution in [1.29, 1.82) is 5.26 Å². The van der Waals surface area contributed by atoms with Crippen LogP contribution in [-0.4, -0.2) is 12.8 Å². The summed E-state index contributed by atoms with van der Waals surface area (Å²) in [7, 11) is 2.03. The molecule has 1 N–H and O–H groups in total. The summed E-state index contributed by atoms with van der Waals surface area (Å²) >= 11 is 0. The largest absolute Gasteiger partial charge is 0.362 e. The van der Waals surface area contributed by atoms with E-state index in [0.717, 1.165) is 10.9 Å². The van der Waals surface area contributed by atoms with Gasteiger partial charge in [0.1, 0.15) is 7.85 Å². The van der Waals surface area contributed by atoms with E-state index in [-0.39, 0.29) is 0 Å². The lowest BCUT2D eigenvalue weighted by atomic mass is 9.95. The van der Waals surface area contributed by atoms with Crippen LogP contribution in [0.4, 0.5) is 0 Å². The molecule has 0 unspecified atom stereocenters. The van der Waals surface area contributed by atoms with Crippen molar-refractivity contribution in [1.82, 2.24) is 4.98 Å². The fourth-order valence-corrected chi connectivity index (χ4v) is 1.33. The third kappa shape index (κ3) is 0.893. The molecule has 0 aliphatic heterocycles. The number of nitrogens with one attached hydrogen (secondary N) is 1. The van der Waals surface area contributed by atoms with Crippen molar-refractivity contribution in [2.75, 3.05) is 0 Å². The highest BCUT2D eigenvalue weighted by Crippen LogP contribution is 2.10. The van der Waals surface area contributed by atoms with E-state index in [4.69, 9.17) is 5.26 Å². The number of rotatable bonds is 0. The van der Waals surface area contributed by atoms with E-state index in [9.17, 15) is 0 Å². The van der Waals surface area contributed by atoms with Crippen LogP contribution in [0.3, 0.4) is 0 Å². The van der Waals surface area contributed by atoms with Crippen LogP contribution in [0.25, 0.3) is 10.9 Å². The number of fused-ring (bicyclic) bond motifs is 1. The Balaban J connectivity index is 2.82. The zero-order valence-corrected chi connectivity index (χ0v) is 6.76. The Kier molecular flexibility index (Phi) is 1.41. The first kappa shape index (κ1) is 6.99. The molecule has 2 rings (SSSR count). The molecule has 12 heavy (non-hydrogen) atoms. The average molecular weight is 154 g/mol. The monoisotopic (exact) mass is 154 g/mol. The second kappa shape index (κ2) is 2.42. The molecule has 0 radical (unpaired) electrons. The number of benzene rings is 1. The third-order valence-corrected chi connectivity index (χ3v) is 2.02. The quantitative estimate of drug-likeness (QED) is 0.544. The van der Waals surface area contributed by atoms with Crippen LogP contribution < -0.4 is 5.46 Å². The summed E-state index contributed by atoms with van der Waals surface area (Å²) in [5.74, 6) is 0. The summed E-state index contributed by atoms with van der Waals surface area (Å²) in [5.41, 5.74) is 2.99. The molecule has 0 aliphatic rings. The van der Waals surface area contributed by atoms with Gasteiger partial charge in [-0.3, -0.25) is 0 Å². The first-order valence-electron chi connectivity index (χ1n) is 3.79. The number of nitrogens with zero attached hydrogens (tertiary/aromatic N) is 1. The van der Waals surface area contributed by atoms with Gasteiger partial charge in [-0.2, -0.15) is 5.26 Å². The number of aromatic amines is 1. The second-order valence-corrected chi connectivity index (χ2v) is 2.84. The van der Waals surface area contributed by atoms with Crippen LogP contribution in [0.5, 0.6) is 0 Å². The van der Waals surface area contributed by atoms with Crippen molar-refractivity contribution in [2.45, 2.75) is 0 Å². The molecule has 0 aliphatic carbocycles. The minimum atomic E-state index is 0.713. The van der Waals surface area contributed by atoms with Crippen LogP contribution in [0.1, 0.15) is 5.56 Å². The van der Waals surface area contributed by atoms with Crippen LogP contribution in [0.2, 0.25) is 0 Å². The van der Waals surface area contributed by atoms with Gasteiger partial charge < -0.3 is 4.98 Å². The number of H-pyrrole nitrogens is 1. The Morgan fingerprint density at radius 3 is 3.00 bits per heavy atom. The average Bonchev–Trinajstić information content (AvgIpc) is 2.47. The van der Waals surface area contributed by atoms with E-state index in [1.807, 2.05) is 32.2 Å². The molecule has 1 aromatic carbocycles. The van der Waals surface area contributed by atoms with Gasteiger partial charge in [-0.15, -0.1) is 0 Å². The second-order valence-electron chi connectivity index (χ2n) is 2.84. The fraction of sp³-hybridized carbons (Fsp3) is 0. The normalized spacial score (nSPS) is 9.92. The minimum Gasteiger partial charge on any atom is -0.362 e. The van der Waals surface area contributed by atoms with Crippen molar-refractivity contribution >= 4 is 24.2 Å². The molecule has 0 fully saturated rings. The lowest BCUT2D eigenvalue weighted by Crippen LogP contribution is -1.96. The van der Waals surface area contributed by atoms with E-state index in [1.54, 1.807) is 0 Å². The van der Waals surface area contributed by atoms with Crippen molar-refractivity contribution in [3.63, 3.8) is 0 Å². The Morgan fingerprint density at radius 1 is 1.42 bits per heavy atom. The molecule has 0 saturated carbocycles. The molecule has 0 bridgehead atoms. The summed E-state index contributed by atoms with van der Waals surface area (Å²) < 4.78 is 0. The summed E-state index contributed by atoms with van der Waals surface area (Å²) in [6, 6.07) is 7.78. The predicted molar refractivity (Wildman–Crippen MR) is 51.2 cm³/mol. The van der Waals surface area contributed by atoms with E-state index in [2.05, 4.69) is 11.1 Å². The van der Waals surface area contributed by atoms with Crippen LogP contribution in [-0.2, 0) is 0 Å². The van der Waals surface area contributed by atoms with Crippen molar-refractivity contribution < 1.29 is 0 Å². The highest BCUT2D eigenvalue weighted by molar-refractivity contribution is 6.38. The van der Waals surface area contributed by atoms with Gasteiger partial charge in [0.05, 0.1) is 11.6 Å². The maximum Gasteiger partial charge on any atom is 0.142 e. The highest BCUT2D eigenvalue weighted by atomic mass is 14.7. The van der Waals surface area contributed by atoms with Gasteiger partial charge in [-0.1, -0.05) is 5.46 Å². The number of nitriles is 1. The summed E-state index contributed by atoms with van der Waals surface area (Å²) in [4.78, 5) is 3.13. The number of aromatic nitrogens is 1. The van der Waals surface area contributed by atoms with Crippen LogP contribution in [0.15, 0.2) is 24.4 Å². The van der Waals surface area contributed by atoms with Gasteiger partial charge in [-0.25, -0.2) is 0 Å². The van der Waals surface area contributed by atoms with Gasteiger partial charge in [-0.05, 0) is 29.8 Å². The number of hydrogen-bond donors (Lipinski definition) is 1. The van der Waals surface area contributed by atoms with E-state index < -0.39 is 0 Å². The summed E-state index contributed by atoms with van der Waals surface area (Å²) in [6.07, 6.45) is 1.95.